The molecule has 0 heterocycles. The Hall–Kier alpha value is -3.09. The highest BCUT2D eigenvalue weighted by Crippen LogP contribution is 2.34. The van der Waals surface area contributed by atoms with Gasteiger partial charge in [-0.3, -0.25) is 24.0 Å². The van der Waals surface area contributed by atoms with Crippen LogP contribution in [-0.4, -0.2) is 62.6 Å². The van der Waals surface area contributed by atoms with Gasteiger partial charge in [0.25, 0.3) is 5.69 Å². The van der Waals surface area contributed by atoms with Gasteiger partial charge < -0.3 is 15.0 Å². The number of hydrogen-bond donors (Lipinski definition) is 1. The van der Waals surface area contributed by atoms with Crippen molar-refractivity contribution < 1.29 is 27.7 Å². The number of nitro benzene ring substituents is 1. The summed E-state index contributed by atoms with van der Waals surface area (Å²) in [5, 5.41) is 14.7. The van der Waals surface area contributed by atoms with Crippen LogP contribution < -0.4 is 14.4 Å². The summed E-state index contributed by atoms with van der Waals surface area (Å²) >= 11 is 12.7. The number of ether oxygens (including phenoxy) is 1. The smallest absolute Gasteiger partial charge is 0.271 e. The number of nitrogens with one attached hydrogen (secondary N) is 1. The molecule has 0 aliphatic heterocycles. The molecule has 0 aliphatic rings. The van der Waals surface area contributed by atoms with Crippen molar-refractivity contribution in [1.29, 1.82) is 0 Å². The number of benzene rings is 2. The van der Waals surface area contributed by atoms with Crippen LogP contribution in [0, 0.1) is 10.1 Å². The van der Waals surface area contributed by atoms with E-state index in [9.17, 15) is 28.1 Å². The maximum Gasteiger partial charge on any atom is 0.271 e. The fourth-order valence-corrected chi connectivity index (χ4v) is 5.08. The molecule has 2 aromatic rings. The molecule has 0 radical (unpaired) electrons. The first-order valence-electron chi connectivity index (χ1n) is 11.7. The SMILES string of the molecule is CCCNC(=O)C(CC)N(Cc1c(Cl)cccc1Cl)C(=O)CN(c1cc([N+](=O)[O-])ccc1OC)S(C)(=O)=O. The number of nitrogens with zero attached hydrogens (tertiary/aromatic N) is 3. The lowest BCUT2D eigenvalue weighted by molar-refractivity contribution is -0.384. The number of carbonyl (C=O) groups excluding carboxylic acids is 2. The van der Waals surface area contributed by atoms with E-state index in [0.29, 0.717) is 22.8 Å². The summed E-state index contributed by atoms with van der Waals surface area (Å²) in [6.45, 7) is 3.02. The van der Waals surface area contributed by atoms with Crippen molar-refractivity contribution in [2.75, 3.05) is 30.8 Å². The van der Waals surface area contributed by atoms with Gasteiger partial charge in [0.05, 0.1) is 18.3 Å². The molecule has 0 spiro atoms. The Kier molecular flexibility index (Phi) is 11.2. The van der Waals surface area contributed by atoms with E-state index in [1.165, 1.54) is 18.1 Å². The molecule has 0 saturated carbocycles. The number of nitro groups is 1. The second kappa shape index (κ2) is 13.6. The third-order valence-electron chi connectivity index (χ3n) is 5.65. The first-order chi connectivity index (χ1) is 17.8. The zero-order chi connectivity index (χ0) is 28.6. The van der Waals surface area contributed by atoms with E-state index in [1.54, 1.807) is 25.1 Å². The molecule has 2 rings (SSSR count). The van der Waals surface area contributed by atoms with Crippen molar-refractivity contribution in [3.63, 3.8) is 0 Å². The van der Waals surface area contributed by atoms with Crippen LogP contribution in [0.1, 0.15) is 32.3 Å². The van der Waals surface area contributed by atoms with Gasteiger partial charge in [-0.1, -0.05) is 43.1 Å². The van der Waals surface area contributed by atoms with Crippen molar-refractivity contribution in [2.24, 2.45) is 0 Å². The summed E-state index contributed by atoms with van der Waals surface area (Å²) in [5.74, 6) is -1.18. The monoisotopic (exact) mass is 588 g/mol. The first kappa shape index (κ1) is 31.1. The van der Waals surface area contributed by atoms with Crippen LogP contribution in [0.15, 0.2) is 36.4 Å². The van der Waals surface area contributed by atoms with E-state index in [2.05, 4.69) is 5.32 Å². The number of non-ortho nitro benzene ring substituents is 1. The quantitative estimate of drug-likeness (QED) is 0.275. The van der Waals surface area contributed by atoms with Crippen molar-refractivity contribution in [2.45, 2.75) is 39.3 Å². The maximum absolute atomic E-state index is 13.8. The zero-order valence-electron chi connectivity index (χ0n) is 21.4. The molecule has 14 heteroatoms. The Morgan fingerprint density at radius 3 is 2.29 bits per heavy atom. The van der Waals surface area contributed by atoms with Crippen LogP contribution in [0.4, 0.5) is 11.4 Å². The fourth-order valence-electron chi connectivity index (χ4n) is 3.72. The number of hydrogen-bond acceptors (Lipinski definition) is 7. The Morgan fingerprint density at radius 1 is 1.16 bits per heavy atom. The number of amides is 2. The van der Waals surface area contributed by atoms with E-state index in [0.717, 1.165) is 18.4 Å². The third kappa shape index (κ3) is 7.71. The number of sulfonamides is 1. The zero-order valence-corrected chi connectivity index (χ0v) is 23.8. The minimum Gasteiger partial charge on any atom is -0.495 e. The maximum atomic E-state index is 13.8. The van der Waals surface area contributed by atoms with Crippen LogP contribution in [-0.2, 0) is 26.2 Å². The van der Waals surface area contributed by atoms with Crippen molar-refractivity contribution >= 4 is 56.4 Å². The molecule has 0 bridgehead atoms. The number of halogens is 2. The van der Waals surface area contributed by atoms with Crippen LogP contribution in [0.3, 0.4) is 0 Å². The predicted octanol–water partition coefficient (Wildman–Crippen LogP) is 4.01. The summed E-state index contributed by atoms with van der Waals surface area (Å²) in [4.78, 5) is 38.7. The van der Waals surface area contributed by atoms with Gasteiger partial charge in [0.1, 0.15) is 24.0 Å². The molecule has 0 saturated heterocycles. The second-order valence-corrected chi connectivity index (χ2v) is 11.0. The van der Waals surface area contributed by atoms with Crippen LogP contribution in [0.5, 0.6) is 5.75 Å². The summed E-state index contributed by atoms with van der Waals surface area (Å²) in [6, 6.07) is 7.22. The molecule has 1 atom stereocenters. The van der Waals surface area contributed by atoms with Gasteiger partial charge in [-0.2, -0.15) is 0 Å². The highest BCUT2D eigenvalue weighted by molar-refractivity contribution is 7.92. The highest BCUT2D eigenvalue weighted by atomic mass is 35.5. The molecule has 1 unspecified atom stereocenters. The normalized spacial score (nSPS) is 11.9. The molecule has 2 amide bonds. The second-order valence-electron chi connectivity index (χ2n) is 8.32. The van der Waals surface area contributed by atoms with Gasteiger partial charge in [-0.25, -0.2) is 8.42 Å². The Balaban J connectivity index is 2.60. The van der Waals surface area contributed by atoms with Gasteiger partial charge in [-0.05, 0) is 31.0 Å². The van der Waals surface area contributed by atoms with Gasteiger partial charge >= 0.3 is 0 Å². The van der Waals surface area contributed by atoms with E-state index in [1.807, 2.05) is 6.92 Å². The predicted molar refractivity (Wildman–Crippen MR) is 146 cm³/mol. The molecule has 1 N–H and O–H groups in total. The first-order valence-corrected chi connectivity index (χ1v) is 14.3. The van der Waals surface area contributed by atoms with Crippen LogP contribution in [0.2, 0.25) is 10.0 Å². The minimum atomic E-state index is -4.15. The Bertz CT molecular complexity index is 1270. The number of anilines is 1. The molecule has 11 nitrogen and oxygen atoms in total. The topological polar surface area (TPSA) is 139 Å². The van der Waals surface area contributed by atoms with Gasteiger partial charge in [0, 0.05) is 40.8 Å². The number of rotatable bonds is 13. The fraction of sp³-hybridized carbons (Fsp3) is 0.417. The third-order valence-corrected chi connectivity index (χ3v) is 7.48. The highest BCUT2D eigenvalue weighted by Gasteiger charge is 2.33. The molecule has 0 aliphatic carbocycles. The molecule has 208 valence electrons. The number of carbonyl (C=O) groups is 2. The standard InChI is InChI=1S/C24H30Cl2N4O7S/c1-5-12-27-24(32)20(6-2)28(14-17-18(25)8-7-9-19(17)26)23(31)15-29(38(4,35)36)21-13-16(30(33)34)10-11-22(21)37-3/h7-11,13,20H,5-6,12,14-15H2,1-4H3,(H,27,32). The van der Waals surface area contributed by atoms with Gasteiger partial charge in [-0.15, -0.1) is 0 Å². The largest absolute Gasteiger partial charge is 0.495 e. The summed E-state index contributed by atoms with van der Waals surface area (Å²) < 4.78 is 31.6. The average molecular weight is 589 g/mol. The average Bonchev–Trinajstić information content (AvgIpc) is 2.86. The Labute approximate surface area is 231 Å². The van der Waals surface area contributed by atoms with E-state index >= 15 is 0 Å². The summed E-state index contributed by atoms with van der Waals surface area (Å²) in [7, 11) is -2.88. The van der Waals surface area contributed by atoms with E-state index < -0.39 is 45.0 Å². The van der Waals surface area contributed by atoms with Crippen LogP contribution in [0.25, 0.3) is 0 Å². The lowest BCUT2D eigenvalue weighted by atomic mass is 10.1. The molecule has 0 fully saturated rings. The van der Waals surface area contributed by atoms with Crippen molar-refractivity contribution in [3.8, 4) is 5.75 Å². The summed E-state index contributed by atoms with van der Waals surface area (Å²) in [6.07, 6.45) is 1.74. The lowest BCUT2D eigenvalue weighted by Crippen LogP contribution is -2.52. The van der Waals surface area contributed by atoms with Crippen LogP contribution >= 0.6 is 23.2 Å². The molecular weight excluding hydrogens is 559 g/mol. The minimum absolute atomic E-state index is 0.00209. The molecular formula is C24H30Cl2N4O7S. The van der Waals surface area contributed by atoms with Crippen molar-refractivity contribution in [3.05, 3.63) is 62.1 Å². The van der Waals surface area contributed by atoms with Gasteiger partial charge in [0.2, 0.25) is 21.8 Å². The molecule has 0 aromatic heterocycles. The summed E-state index contributed by atoms with van der Waals surface area (Å²) in [5.41, 5.74) is -0.214. The Morgan fingerprint density at radius 2 is 1.79 bits per heavy atom. The van der Waals surface area contributed by atoms with Gasteiger partial charge in [0.15, 0.2) is 0 Å². The molecule has 38 heavy (non-hydrogen) atoms. The lowest BCUT2D eigenvalue weighted by Gasteiger charge is -2.33. The van der Waals surface area contributed by atoms with E-state index in [4.69, 9.17) is 27.9 Å². The molecule has 2 aromatic carbocycles. The van der Waals surface area contributed by atoms with Crippen molar-refractivity contribution in [1.82, 2.24) is 10.2 Å². The van der Waals surface area contributed by atoms with E-state index in [-0.39, 0.29) is 34.4 Å². The number of methoxy groups -OCH3 is 1.